The molecule has 7 nitrogen and oxygen atoms in total. The minimum absolute atomic E-state index is 0.217. The van der Waals surface area contributed by atoms with Crippen molar-refractivity contribution in [3.05, 3.63) is 84.1 Å². The summed E-state index contributed by atoms with van der Waals surface area (Å²) in [6.45, 7) is 0. The monoisotopic (exact) mass is 386 g/mol. The Morgan fingerprint density at radius 3 is 2.00 bits per heavy atom. The van der Waals surface area contributed by atoms with Crippen molar-refractivity contribution >= 4 is 45.0 Å². The molecule has 0 aliphatic carbocycles. The lowest BCUT2D eigenvalue weighted by Gasteiger charge is -1.99. The number of aromatic carboxylic acids is 2. The van der Waals surface area contributed by atoms with Crippen LogP contribution in [0.3, 0.4) is 0 Å². The number of para-hydroxylation sites is 5. The smallest absolute Gasteiger partial charge is 0.372 e. The summed E-state index contributed by atoms with van der Waals surface area (Å²) < 4.78 is 4.90. The fourth-order valence-corrected chi connectivity index (χ4v) is 3.03. The Kier molecular flexibility index (Phi) is 4.62. The number of carbonyl (C=O) groups excluding carboxylic acids is 1. The molecule has 2 heterocycles. The SMILES string of the molecule is O=C(O)c1oc2ccccc2c1C(=O)[O-].c1ccc2[nH+]c3ccccc3nc2c1. The molecule has 0 aliphatic rings. The number of fused-ring (bicyclic) bond motifs is 3. The van der Waals surface area contributed by atoms with Crippen LogP contribution in [-0.2, 0) is 0 Å². The van der Waals surface area contributed by atoms with Crippen LogP contribution in [0, 0.1) is 0 Å². The van der Waals surface area contributed by atoms with Gasteiger partial charge in [0.2, 0.25) is 16.8 Å². The van der Waals surface area contributed by atoms with E-state index < -0.39 is 23.3 Å². The van der Waals surface area contributed by atoms with Gasteiger partial charge in [0, 0.05) is 17.5 Å². The van der Waals surface area contributed by atoms with Gasteiger partial charge in [0.15, 0.2) is 0 Å². The van der Waals surface area contributed by atoms with E-state index >= 15 is 0 Å². The van der Waals surface area contributed by atoms with E-state index in [0.29, 0.717) is 0 Å². The molecule has 29 heavy (non-hydrogen) atoms. The van der Waals surface area contributed by atoms with Crippen LogP contribution < -0.4 is 10.1 Å². The first-order valence-electron chi connectivity index (χ1n) is 8.67. The predicted molar refractivity (Wildman–Crippen MR) is 103 cm³/mol. The Morgan fingerprint density at radius 1 is 0.862 bits per heavy atom. The minimum atomic E-state index is -1.56. The van der Waals surface area contributed by atoms with E-state index in [1.54, 1.807) is 12.1 Å². The molecule has 142 valence electrons. The molecule has 2 N–H and O–H groups in total. The molecule has 0 spiro atoms. The standard InChI is InChI=1S/C12H8N2.C10H6O5/c1-2-6-10-9(5-1)13-11-7-3-4-8-12(11)14-10;11-9(12)7-5-3-1-2-4-6(5)15-8(7)10(13)14/h1-8H;1-4H,(H,11,12)(H,13,14). The highest BCUT2D eigenvalue weighted by Gasteiger charge is 2.20. The fraction of sp³-hybridized carbons (Fsp3) is 0. The van der Waals surface area contributed by atoms with Gasteiger partial charge in [-0.2, -0.15) is 0 Å². The van der Waals surface area contributed by atoms with E-state index in [9.17, 15) is 14.7 Å². The molecule has 7 heteroatoms. The van der Waals surface area contributed by atoms with E-state index in [1.807, 2.05) is 48.5 Å². The Bertz CT molecular complexity index is 1270. The molecule has 0 unspecified atom stereocenters. The summed E-state index contributed by atoms with van der Waals surface area (Å²) in [6.07, 6.45) is 0. The Hall–Kier alpha value is -4.26. The predicted octanol–water partition coefficient (Wildman–Crippen LogP) is 2.70. The topological polar surface area (TPSA) is 118 Å². The Labute approximate surface area is 163 Å². The van der Waals surface area contributed by atoms with Gasteiger partial charge in [0.1, 0.15) is 16.6 Å². The van der Waals surface area contributed by atoms with Crippen LogP contribution in [-0.4, -0.2) is 22.0 Å². The van der Waals surface area contributed by atoms with E-state index in [1.165, 1.54) is 12.1 Å². The van der Waals surface area contributed by atoms with E-state index in [0.717, 1.165) is 22.1 Å². The number of aromatic nitrogens is 2. The molecule has 0 aliphatic heterocycles. The van der Waals surface area contributed by atoms with E-state index in [-0.39, 0.29) is 11.0 Å². The Balaban J connectivity index is 0.000000141. The average molecular weight is 386 g/mol. The van der Waals surface area contributed by atoms with Gasteiger partial charge in [-0.3, -0.25) is 0 Å². The molecule has 0 radical (unpaired) electrons. The number of furan rings is 1. The zero-order chi connectivity index (χ0) is 20.4. The number of H-pyrrole nitrogens is 1. The molecule has 5 aromatic rings. The fourth-order valence-electron chi connectivity index (χ4n) is 3.03. The zero-order valence-corrected chi connectivity index (χ0v) is 15.0. The van der Waals surface area contributed by atoms with Gasteiger partial charge in [0.05, 0.1) is 11.5 Å². The minimum Gasteiger partial charge on any atom is -0.545 e. The number of carbonyl (C=O) groups is 2. The molecule has 2 aromatic heterocycles. The second kappa shape index (κ2) is 7.40. The van der Waals surface area contributed by atoms with E-state index in [2.05, 4.69) is 9.97 Å². The lowest BCUT2D eigenvalue weighted by Crippen LogP contribution is -2.24. The van der Waals surface area contributed by atoms with Gasteiger partial charge in [-0.05, 0) is 18.2 Å². The zero-order valence-electron chi connectivity index (χ0n) is 15.0. The molecule has 0 atom stereocenters. The molecular weight excluding hydrogens is 372 g/mol. The number of nitrogens with zero attached hydrogens (tertiary/aromatic N) is 1. The number of rotatable bonds is 2. The van der Waals surface area contributed by atoms with Crippen molar-refractivity contribution in [2.45, 2.75) is 0 Å². The molecule has 0 bridgehead atoms. The normalized spacial score (nSPS) is 10.6. The number of hydrogen-bond acceptors (Lipinski definition) is 5. The highest BCUT2D eigenvalue weighted by Crippen LogP contribution is 2.25. The van der Waals surface area contributed by atoms with Crippen LogP contribution in [0.2, 0.25) is 0 Å². The largest absolute Gasteiger partial charge is 0.545 e. The van der Waals surface area contributed by atoms with Crippen molar-refractivity contribution in [2.24, 2.45) is 0 Å². The molecular formula is C22H14N2O5. The number of hydrogen-bond donors (Lipinski definition) is 1. The van der Waals surface area contributed by atoms with Crippen LogP contribution in [0.15, 0.2) is 77.2 Å². The van der Waals surface area contributed by atoms with Crippen LogP contribution in [0.5, 0.6) is 0 Å². The lowest BCUT2D eigenvalue weighted by atomic mass is 10.1. The van der Waals surface area contributed by atoms with Crippen molar-refractivity contribution in [3.8, 4) is 0 Å². The van der Waals surface area contributed by atoms with Crippen molar-refractivity contribution in [2.75, 3.05) is 0 Å². The number of carboxylic acids is 2. The van der Waals surface area contributed by atoms with Crippen molar-refractivity contribution in [1.82, 2.24) is 4.98 Å². The average Bonchev–Trinajstić information content (AvgIpc) is 3.13. The maximum absolute atomic E-state index is 10.8. The van der Waals surface area contributed by atoms with E-state index in [4.69, 9.17) is 9.52 Å². The molecule has 0 saturated heterocycles. The molecule has 0 saturated carbocycles. The summed E-state index contributed by atoms with van der Waals surface area (Å²) in [5.74, 6) is -3.58. The highest BCUT2D eigenvalue weighted by molar-refractivity contribution is 6.09. The maximum atomic E-state index is 10.8. The van der Waals surface area contributed by atoms with Crippen molar-refractivity contribution in [3.63, 3.8) is 0 Å². The van der Waals surface area contributed by atoms with Gasteiger partial charge in [-0.1, -0.05) is 42.5 Å². The van der Waals surface area contributed by atoms with Crippen LogP contribution in [0.25, 0.3) is 33.0 Å². The number of carboxylic acid groups (broad SMARTS) is 2. The first-order valence-corrected chi connectivity index (χ1v) is 8.67. The summed E-state index contributed by atoms with van der Waals surface area (Å²) in [6, 6.07) is 22.3. The number of benzene rings is 3. The van der Waals surface area contributed by atoms with Gasteiger partial charge >= 0.3 is 5.97 Å². The summed E-state index contributed by atoms with van der Waals surface area (Å²) in [7, 11) is 0. The third-order valence-electron chi connectivity index (χ3n) is 4.31. The van der Waals surface area contributed by atoms with Crippen LogP contribution >= 0.6 is 0 Å². The highest BCUT2D eigenvalue weighted by atomic mass is 16.4. The van der Waals surface area contributed by atoms with Crippen molar-refractivity contribution < 1.29 is 29.2 Å². The molecule has 0 amide bonds. The third kappa shape index (κ3) is 3.49. The van der Waals surface area contributed by atoms with Gasteiger partial charge in [-0.15, -0.1) is 0 Å². The van der Waals surface area contributed by atoms with Crippen LogP contribution in [0.4, 0.5) is 0 Å². The molecule has 3 aromatic carbocycles. The quantitative estimate of drug-likeness (QED) is 0.466. The molecule has 5 rings (SSSR count). The van der Waals surface area contributed by atoms with Crippen molar-refractivity contribution in [1.29, 1.82) is 0 Å². The first-order chi connectivity index (χ1) is 14.0. The summed E-state index contributed by atoms with van der Waals surface area (Å²) in [5, 5.41) is 19.7. The van der Waals surface area contributed by atoms with Gasteiger partial charge < -0.3 is 19.4 Å². The number of aromatic amines is 1. The first kappa shape index (κ1) is 18.1. The van der Waals surface area contributed by atoms with Gasteiger partial charge in [0.25, 0.3) is 0 Å². The summed E-state index contributed by atoms with van der Waals surface area (Å²) >= 11 is 0. The second-order valence-electron chi connectivity index (χ2n) is 6.17. The second-order valence-corrected chi connectivity index (χ2v) is 6.17. The molecule has 0 fully saturated rings. The summed E-state index contributed by atoms with van der Waals surface area (Å²) in [4.78, 5) is 29.4. The summed E-state index contributed by atoms with van der Waals surface area (Å²) in [5.41, 5.74) is 3.96. The van der Waals surface area contributed by atoms with Crippen LogP contribution in [0.1, 0.15) is 20.9 Å². The number of nitrogens with one attached hydrogen (secondary N) is 1. The lowest BCUT2D eigenvalue weighted by molar-refractivity contribution is -0.310. The Morgan fingerprint density at radius 2 is 1.41 bits per heavy atom. The van der Waals surface area contributed by atoms with Gasteiger partial charge in [-0.25, -0.2) is 14.8 Å². The maximum Gasteiger partial charge on any atom is 0.372 e. The third-order valence-corrected chi connectivity index (χ3v) is 4.31.